The average Bonchev–Trinajstić information content (AvgIpc) is 2.92. The van der Waals surface area contributed by atoms with Crippen molar-refractivity contribution in [3.8, 4) is 6.07 Å². The minimum absolute atomic E-state index is 0.124. The van der Waals surface area contributed by atoms with Crippen LogP contribution >= 0.6 is 11.8 Å². The van der Waals surface area contributed by atoms with Crippen molar-refractivity contribution in [2.45, 2.75) is 12.5 Å². The SMILES string of the molecule is CN(CC(=O)c1ccc(C#N)cc1)C1CCSC1. The molecule has 1 fully saturated rings. The zero-order chi connectivity index (χ0) is 13.0. The fourth-order valence-corrected chi connectivity index (χ4v) is 3.35. The van der Waals surface area contributed by atoms with E-state index in [0.29, 0.717) is 23.7 Å². The number of carbonyl (C=O) groups excluding carboxylic acids is 1. The van der Waals surface area contributed by atoms with E-state index in [1.165, 1.54) is 12.2 Å². The maximum Gasteiger partial charge on any atom is 0.176 e. The zero-order valence-corrected chi connectivity index (χ0v) is 11.2. The summed E-state index contributed by atoms with van der Waals surface area (Å²) in [6, 6.07) is 9.43. The molecule has 1 aromatic rings. The summed E-state index contributed by atoms with van der Waals surface area (Å²) in [5.41, 5.74) is 1.28. The Morgan fingerprint density at radius 2 is 2.22 bits per heavy atom. The summed E-state index contributed by atoms with van der Waals surface area (Å²) in [4.78, 5) is 14.2. The van der Waals surface area contributed by atoms with Crippen molar-refractivity contribution >= 4 is 17.5 Å². The topological polar surface area (TPSA) is 44.1 Å². The Kier molecular flexibility index (Phi) is 4.40. The van der Waals surface area contributed by atoms with E-state index in [0.717, 1.165) is 5.75 Å². The molecule has 1 saturated heterocycles. The van der Waals surface area contributed by atoms with Crippen LogP contribution in [-0.4, -0.2) is 41.8 Å². The highest BCUT2D eigenvalue weighted by Crippen LogP contribution is 2.21. The molecule has 1 atom stereocenters. The maximum absolute atomic E-state index is 12.1. The summed E-state index contributed by atoms with van der Waals surface area (Å²) in [7, 11) is 2.01. The zero-order valence-electron chi connectivity index (χ0n) is 10.4. The number of thioether (sulfide) groups is 1. The second-order valence-corrected chi connectivity index (χ2v) is 5.69. The summed E-state index contributed by atoms with van der Waals surface area (Å²) in [5, 5.41) is 8.71. The molecule has 0 amide bonds. The number of Topliss-reactive ketones (excluding diaryl/α,β-unsaturated/α-hetero) is 1. The lowest BCUT2D eigenvalue weighted by Gasteiger charge is -2.22. The molecule has 94 valence electrons. The summed E-state index contributed by atoms with van der Waals surface area (Å²) < 4.78 is 0. The number of hydrogen-bond donors (Lipinski definition) is 0. The van der Waals surface area contributed by atoms with Crippen LogP contribution in [0.1, 0.15) is 22.3 Å². The van der Waals surface area contributed by atoms with Crippen molar-refractivity contribution in [2.75, 3.05) is 25.1 Å². The third-order valence-corrected chi connectivity index (χ3v) is 4.40. The number of benzene rings is 1. The standard InChI is InChI=1S/C14H16N2OS/c1-16(13-6-7-18-10-13)9-14(17)12-4-2-11(8-15)3-5-12/h2-5,13H,6-7,9-10H2,1H3. The first kappa shape index (κ1) is 13.1. The molecule has 1 unspecified atom stereocenters. The number of carbonyl (C=O) groups is 1. The molecule has 1 aliphatic rings. The Morgan fingerprint density at radius 3 is 2.78 bits per heavy atom. The second kappa shape index (κ2) is 6.03. The third-order valence-electron chi connectivity index (χ3n) is 3.26. The van der Waals surface area contributed by atoms with Crippen molar-refractivity contribution < 1.29 is 4.79 Å². The Morgan fingerprint density at radius 1 is 1.50 bits per heavy atom. The molecular formula is C14H16N2OS. The van der Waals surface area contributed by atoms with E-state index in [2.05, 4.69) is 11.0 Å². The molecule has 1 aromatic carbocycles. The van der Waals surface area contributed by atoms with E-state index in [4.69, 9.17) is 5.26 Å². The van der Waals surface area contributed by atoms with Crippen molar-refractivity contribution in [2.24, 2.45) is 0 Å². The summed E-state index contributed by atoms with van der Waals surface area (Å²) in [6.07, 6.45) is 1.17. The number of likely N-dealkylation sites (N-methyl/N-ethyl adjacent to an activating group) is 1. The van der Waals surface area contributed by atoms with Crippen LogP contribution in [0.25, 0.3) is 0 Å². The van der Waals surface area contributed by atoms with Gasteiger partial charge < -0.3 is 0 Å². The van der Waals surface area contributed by atoms with Gasteiger partial charge in [-0.1, -0.05) is 12.1 Å². The highest BCUT2D eigenvalue weighted by Gasteiger charge is 2.21. The van der Waals surface area contributed by atoms with Crippen molar-refractivity contribution in [1.29, 1.82) is 5.26 Å². The van der Waals surface area contributed by atoms with Crippen LogP contribution in [0, 0.1) is 11.3 Å². The number of rotatable bonds is 4. The largest absolute Gasteiger partial charge is 0.295 e. The predicted molar refractivity (Wildman–Crippen MR) is 73.8 cm³/mol. The maximum atomic E-state index is 12.1. The first-order valence-electron chi connectivity index (χ1n) is 6.02. The number of nitrogens with zero attached hydrogens (tertiary/aromatic N) is 2. The Bertz CT molecular complexity index is 458. The van der Waals surface area contributed by atoms with E-state index in [1.54, 1.807) is 24.3 Å². The molecule has 0 radical (unpaired) electrons. The van der Waals surface area contributed by atoms with Crippen LogP contribution in [0.4, 0.5) is 0 Å². The van der Waals surface area contributed by atoms with Gasteiger partial charge in [-0.3, -0.25) is 9.69 Å². The number of nitriles is 1. The van der Waals surface area contributed by atoms with Gasteiger partial charge in [-0.05, 0) is 31.4 Å². The monoisotopic (exact) mass is 260 g/mol. The molecule has 4 heteroatoms. The quantitative estimate of drug-likeness (QED) is 0.778. The fraction of sp³-hybridized carbons (Fsp3) is 0.429. The van der Waals surface area contributed by atoms with Gasteiger partial charge in [0.15, 0.2) is 5.78 Å². The van der Waals surface area contributed by atoms with Crippen molar-refractivity contribution in [1.82, 2.24) is 4.90 Å². The first-order valence-corrected chi connectivity index (χ1v) is 7.17. The predicted octanol–water partition coefficient (Wildman–Crippen LogP) is 2.18. The molecular weight excluding hydrogens is 244 g/mol. The van der Waals surface area contributed by atoms with E-state index in [1.807, 2.05) is 18.8 Å². The Hall–Kier alpha value is -1.31. The van der Waals surface area contributed by atoms with Crippen LogP contribution in [0.3, 0.4) is 0 Å². The molecule has 3 nitrogen and oxygen atoms in total. The van der Waals surface area contributed by atoms with Gasteiger partial charge in [0.2, 0.25) is 0 Å². The van der Waals surface area contributed by atoms with Crippen LogP contribution in [-0.2, 0) is 0 Å². The van der Waals surface area contributed by atoms with Crippen LogP contribution < -0.4 is 0 Å². The smallest absolute Gasteiger partial charge is 0.176 e. The fourth-order valence-electron chi connectivity index (χ4n) is 2.05. The van der Waals surface area contributed by atoms with Gasteiger partial charge >= 0.3 is 0 Å². The Labute approximate surface area is 112 Å². The van der Waals surface area contributed by atoms with Crippen molar-refractivity contribution in [3.05, 3.63) is 35.4 Å². The van der Waals surface area contributed by atoms with Crippen molar-refractivity contribution in [3.63, 3.8) is 0 Å². The van der Waals surface area contributed by atoms with Gasteiger partial charge in [0.05, 0.1) is 18.2 Å². The average molecular weight is 260 g/mol. The van der Waals surface area contributed by atoms with E-state index in [-0.39, 0.29) is 5.78 Å². The van der Waals surface area contributed by atoms with E-state index < -0.39 is 0 Å². The van der Waals surface area contributed by atoms with Gasteiger partial charge in [-0.25, -0.2) is 0 Å². The van der Waals surface area contributed by atoms with Crippen LogP contribution in [0.5, 0.6) is 0 Å². The lowest BCUT2D eigenvalue weighted by Crippen LogP contribution is -2.35. The number of hydrogen-bond acceptors (Lipinski definition) is 4. The van der Waals surface area contributed by atoms with Gasteiger partial charge in [0.1, 0.15) is 0 Å². The molecule has 0 saturated carbocycles. The first-order chi connectivity index (χ1) is 8.70. The second-order valence-electron chi connectivity index (χ2n) is 4.54. The third kappa shape index (κ3) is 3.12. The molecule has 0 N–H and O–H groups in total. The molecule has 0 aromatic heterocycles. The molecule has 0 aliphatic carbocycles. The summed E-state index contributed by atoms with van der Waals surface area (Å²) >= 11 is 1.95. The highest BCUT2D eigenvalue weighted by molar-refractivity contribution is 7.99. The molecule has 0 bridgehead atoms. The molecule has 18 heavy (non-hydrogen) atoms. The van der Waals surface area contributed by atoms with Gasteiger partial charge in [0, 0.05) is 17.4 Å². The van der Waals surface area contributed by atoms with Gasteiger partial charge in [-0.2, -0.15) is 17.0 Å². The van der Waals surface area contributed by atoms with E-state index >= 15 is 0 Å². The number of ketones is 1. The Balaban J connectivity index is 1.96. The molecule has 1 heterocycles. The normalized spacial score (nSPS) is 18.8. The minimum Gasteiger partial charge on any atom is -0.295 e. The molecule has 2 rings (SSSR count). The van der Waals surface area contributed by atoms with Gasteiger partial charge in [-0.15, -0.1) is 0 Å². The molecule has 0 spiro atoms. The van der Waals surface area contributed by atoms with Crippen LogP contribution in [0.15, 0.2) is 24.3 Å². The minimum atomic E-state index is 0.124. The summed E-state index contributed by atoms with van der Waals surface area (Å²) in [6.45, 7) is 0.455. The van der Waals surface area contributed by atoms with Gasteiger partial charge in [0.25, 0.3) is 0 Å². The highest BCUT2D eigenvalue weighted by atomic mass is 32.2. The molecule has 1 aliphatic heterocycles. The van der Waals surface area contributed by atoms with E-state index in [9.17, 15) is 4.79 Å². The lowest BCUT2D eigenvalue weighted by molar-refractivity contribution is 0.0927. The lowest BCUT2D eigenvalue weighted by atomic mass is 10.1. The summed E-state index contributed by atoms with van der Waals surface area (Å²) in [5.74, 6) is 2.44. The van der Waals surface area contributed by atoms with Crippen LogP contribution in [0.2, 0.25) is 0 Å².